The summed E-state index contributed by atoms with van der Waals surface area (Å²) in [7, 11) is -2.91. The lowest BCUT2D eigenvalue weighted by Gasteiger charge is -2.21. The van der Waals surface area contributed by atoms with Crippen LogP contribution in [0.1, 0.15) is 46.0 Å². The van der Waals surface area contributed by atoms with Gasteiger partial charge in [-0.2, -0.15) is 0 Å². The molecule has 0 saturated heterocycles. The van der Waals surface area contributed by atoms with E-state index in [-0.39, 0.29) is 35.8 Å². The molecule has 8 heteroatoms. The Kier molecular flexibility index (Phi) is 10.0. The van der Waals surface area contributed by atoms with Gasteiger partial charge in [-0.3, -0.25) is 9.89 Å². The Morgan fingerprint density at radius 3 is 2.48 bits per heavy atom. The summed E-state index contributed by atoms with van der Waals surface area (Å²) >= 11 is 0. The van der Waals surface area contributed by atoms with Crippen molar-refractivity contribution in [3.8, 4) is 0 Å². The van der Waals surface area contributed by atoms with Crippen LogP contribution in [0.2, 0.25) is 0 Å². The van der Waals surface area contributed by atoms with Gasteiger partial charge in [0.1, 0.15) is 9.84 Å². The number of guanidine groups is 1. The van der Waals surface area contributed by atoms with Crippen molar-refractivity contribution < 1.29 is 8.42 Å². The molecule has 0 aromatic heterocycles. The van der Waals surface area contributed by atoms with E-state index in [1.807, 2.05) is 13.8 Å². The zero-order chi connectivity index (χ0) is 17.6. The smallest absolute Gasteiger partial charge is 0.191 e. The van der Waals surface area contributed by atoms with E-state index in [1.54, 1.807) is 0 Å². The molecule has 0 aromatic carbocycles. The van der Waals surface area contributed by atoms with Gasteiger partial charge in [0.15, 0.2) is 5.96 Å². The molecule has 0 amide bonds. The summed E-state index contributed by atoms with van der Waals surface area (Å²) in [6.45, 7) is 7.91. The molecule has 6 nitrogen and oxygen atoms in total. The fraction of sp³-hybridized carbons (Fsp3) is 0.941. The van der Waals surface area contributed by atoms with Crippen LogP contribution in [0.5, 0.6) is 0 Å². The quantitative estimate of drug-likeness (QED) is 0.265. The van der Waals surface area contributed by atoms with E-state index in [0.717, 1.165) is 37.6 Å². The molecule has 2 N–H and O–H groups in total. The number of sulfone groups is 1. The summed E-state index contributed by atoms with van der Waals surface area (Å²) in [4.78, 5) is 7.29. The van der Waals surface area contributed by atoms with E-state index in [9.17, 15) is 8.42 Å². The van der Waals surface area contributed by atoms with Crippen LogP contribution in [-0.2, 0) is 9.84 Å². The Morgan fingerprint density at radius 1 is 1.28 bits per heavy atom. The van der Waals surface area contributed by atoms with Crippen LogP contribution in [0.15, 0.2) is 4.99 Å². The summed E-state index contributed by atoms with van der Waals surface area (Å²) in [6.07, 6.45) is 7.36. The number of nitrogens with one attached hydrogen (secondary N) is 2. The van der Waals surface area contributed by atoms with Crippen molar-refractivity contribution in [3.63, 3.8) is 0 Å². The normalized spacial score (nSPS) is 19.4. The molecule has 0 heterocycles. The first-order valence-corrected chi connectivity index (χ1v) is 11.4. The van der Waals surface area contributed by atoms with E-state index >= 15 is 0 Å². The minimum atomic E-state index is -2.91. The molecule has 0 bridgehead atoms. The molecule has 2 aliphatic carbocycles. The Bertz CT molecular complexity index is 519. The number of rotatable bonds is 11. The van der Waals surface area contributed by atoms with Gasteiger partial charge in [-0.05, 0) is 51.9 Å². The summed E-state index contributed by atoms with van der Waals surface area (Å²) in [5, 5.41) is 6.57. The molecule has 0 aliphatic heterocycles. The van der Waals surface area contributed by atoms with Crippen molar-refractivity contribution in [1.82, 2.24) is 15.5 Å². The molecule has 0 radical (unpaired) electrons. The number of hydrogen-bond acceptors (Lipinski definition) is 4. The van der Waals surface area contributed by atoms with Crippen molar-refractivity contribution in [2.75, 3.05) is 38.2 Å². The van der Waals surface area contributed by atoms with Gasteiger partial charge < -0.3 is 10.6 Å². The van der Waals surface area contributed by atoms with Crippen molar-refractivity contribution in [2.24, 2.45) is 10.9 Å². The summed E-state index contributed by atoms with van der Waals surface area (Å²) in [5.41, 5.74) is 0. The maximum atomic E-state index is 11.3. The van der Waals surface area contributed by atoms with Gasteiger partial charge in [0.25, 0.3) is 0 Å². The maximum Gasteiger partial charge on any atom is 0.191 e. The molecule has 2 saturated carbocycles. The van der Waals surface area contributed by atoms with Crippen LogP contribution in [0.4, 0.5) is 0 Å². The van der Waals surface area contributed by atoms with Gasteiger partial charge in [-0.15, -0.1) is 24.0 Å². The number of hydrogen-bond donors (Lipinski definition) is 2. The highest BCUT2D eigenvalue weighted by Gasteiger charge is 2.33. The second-order valence-corrected chi connectivity index (χ2v) is 9.65. The van der Waals surface area contributed by atoms with Gasteiger partial charge in [-0.1, -0.05) is 0 Å². The lowest BCUT2D eigenvalue weighted by molar-refractivity contribution is 0.260. The van der Waals surface area contributed by atoms with E-state index in [2.05, 4.69) is 20.5 Å². The second kappa shape index (κ2) is 10.9. The highest BCUT2D eigenvalue weighted by Crippen LogP contribution is 2.34. The number of halogens is 1. The molecule has 25 heavy (non-hydrogen) atoms. The fourth-order valence-electron chi connectivity index (χ4n) is 2.80. The van der Waals surface area contributed by atoms with Gasteiger partial charge >= 0.3 is 0 Å². The van der Waals surface area contributed by atoms with Crippen molar-refractivity contribution in [3.05, 3.63) is 0 Å². The van der Waals surface area contributed by atoms with Crippen LogP contribution in [0.25, 0.3) is 0 Å². The average molecular weight is 486 g/mol. The first-order chi connectivity index (χ1) is 11.4. The monoisotopic (exact) mass is 486 g/mol. The largest absolute Gasteiger partial charge is 0.357 e. The minimum absolute atomic E-state index is 0. The van der Waals surface area contributed by atoms with Crippen molar-refractivity contribution in [2.45, 2.75) is 58.0 Å². The molecular weight excluding hydrogens is 451 g/mol. The van der Waals surface area contributed by atoms with E-state index < -0.39 is 9.84 Å². The first-order valence-electron chi connectivity index (χ1n) is 9.34. The predicted molar refractivity (Wildman–Crippen MR) is 116 cm³/mol. The number of nitrogens with zero attached hydrogens (tertiary/aromatic N) is 2. The van der Waals surface area contributed by atoms with Gasteiger partial charge in [0, 0.05) is 38.0 Å². The van der Waals surface area contributed by atoms with Gasteiger partial charge in [-0.25, -0.2) is 8.42 Å². The third-order valence-electron chi connectivity index (χ3n) is 4.56. The summed E-state index contributed by atoms with van der Waals surface area (Å²) in [5.74, 6) is 1.93. The fourth-order valence-corrected chi connectivity index (χ4v) is 3.58. The Balaban J connectivity index is 0.00000312. The Labute approximate surface area is 170 Å². The summed E-state index contributed by atoms with van der Waals surface area (Å²) in [6, 6.07) is 0.883. The van der Waals surface area contributed by atoms with Gasteiger partial charge in [0.05, 0.1) is 12.3 Å². The standard InChI is InChI=1S/C17H34N4O2S.HI/c1-4-18-17(20-14(2)9-12-24(3,22)23)19-10-11-21(16-7-8-16)13-15-5-6-15;/h14-16H,4-13H2,1-3H3,(H2,18,19,20);1H. The van der Waals surface area contributed by atoms with Crippen LogP contribution in [0.3, 0.4) is 0 Å². The minimum Gasteiger partial charge on any atom is -0.357 e. The topological polar surface area (TPSA) is 73.8 Å². The van der Waals surface area contributed by atoms with E-state index in [0.29, 0.717) is 6.42 Å². The Hall–Kier alpha value is -0.0900. The zero-order valence-electron chi connectivity index (χ0n) is 15.8. The molecule has 2 fully saturated rings. The lowest BCUT2D eigenvalue weighted by Crippen LogP contribution is -2.43. The van der Waals surface area contributed by atoms with Gasteiger partial charge in [0.2, 0.25) is 0 Å². The third kappa shape index (κ3) is 10.6. The lowest BCUT2D eigenvalue weighted by atomic mass is 10.3. The Morgan fingerprint density at radius 2 is 1.96 bits per heavy atom. The zero-order valence-corrected chi connectivity index (χ0v) is 19.0. The average Bonchev–Trinajstić information content (AvgIpc) is 3.35. The van der Waals surface area contributed by atoms with E-state index in [1.165, 1.54) is 38.5 Å². The predicted octanol–water partition coefficient (Wildman–Crippen LogP) is 1.86. The molecule has 148 valence electrons. The highest BCUT2D eigenvalue weighted by atomic mass is 127. The molecular formula is C17H35IN4O2S. The molecule has 2 rings (SSSR count). The third-order valence-corrected chi connectivity index (χ3v) is 5.54. The van der Waals surface area contributed by atoms with Crippen LogP contribution >= 0.6 is 24.0 Å². The van der Waals surface area contributed by atoms with E-state index in [4.69, 9.17) is 0 Å². The molecule has 0 spiro atoms. The molecule has 2 aliphatic rings. The maximum absolute atomic E-state index is 11.3. The molecule has 1 atom stereocenters. The second-order valence-electron chi connectivity index (χ2n) is 7.39. The summed E-state index contributed by atoms with van der Waals surface area (Å²) < 4.78 is 22.6. The van der Waals surface area contributed by atoms with Crippen molar-refractivity contribution >= 4 is 39.8 Å². The van der Waals surface area contributed by atoms with Crippen LogP contribution in [-0.4, -0.2) is 69.5 Å². The SMILES string of the molecule is CCNC(=NCCN(CC1CC1)C1CC1)NC(C)CCS(C)(=O)=O.I. The highest BCUT2D eigenvalue weighted by molar-refractivity contribution is 14.0. The van der Waals surface area contributed by atoms with Crippen LogP contribution < -0.4 is 10.6 Å². The first kappa shape index (κ1) is 23.0. The van der Waals surface area contributed by atoms with Crippen molar-refractivity contribution in [1.29, 1.82) is 0 Å². The molecule has 1 unspecified atom stereocenters. The van der Waals surface area contributed by atoms with Crippen LogP contribution in [0, 0.1) is 5.92 Å². The molecule has 0 aromatic rings. The number of aliphatic imine (C=N–C) groups is 1.